The van der Waals surface area contributed by atoms with E-state index in [9.17, 15) is 9.90 Å². The lowest BCUT2D eigenvalue weighted by Gasteiger charge is -2.61. The number of nitrogens with zero attached hydrogens (tertiary/aromatic N) is 1. The van der Waals surface area contributed by atoms with Crippen LogP contribution in [0, 0.1) is 46.3 Å². The molecule has 4 aliphatic rings. The summed E-state index contributed by atoms with van der Waals surface area (Å²) in [5.74, 6) is 5.02. The molecule has 0 saturated heterocycles. The smallest absolute Gasteiger partial charge is 0.220 e. The third-order valence-electron chi connectivity index (χ3n) is 12.1. The van der Waals surface area contributed by atoms with Gasteiger partial charge in [-0.3, -0.25) is 4.79 Å². The van der Waals surface area contributed by atoms with E-state index in [1.165, 1.54) is 44.9 Å². The molecule has 0 heterocycles. The molecule has 0 spiro atoms. The monoisotopic (exact) mass is 580 g/mol. The number of likely N-dealkylation sites (N-methyl/N-ethyl adjacent to an activating group) is 1. The molecule has 214 valence electrons. The van der Waals surface area contributed by atoms with Crippen LogP contribution in [0.4, 0.5) is 0 Å². The first kappa shape index (κ1) is 31.1. The topological polar surface area (TPSA) is 49.3 Å². The minimum Gasteiger partial charge on any atom is -1.00 e. The predicted octanol–water partition coefficient (Wildman–Crippen LogP) is 3.20. The second-order valence-electron chi connectivity index (χ2n) is 14.7. The normalized spacial score (nSPS) is 39.9. The largest absolute Gasteiger partial charge is 1.00 e. The number of aliphatic hydroxyl groups excluding tert-OH is 1. The van der Waals surface area contributed by atoms with Crippen LogP contribution in [0.2, 0.25) is 0 Å². The number of rotatable bonds is 10. The van der Waals surface area contributed by atoms with Crippen molar-refractivity contribution in [3.8, 4) is 0 Å². The van der Waals surface area contributed by atoms with Crippen molar-refractivity contribution < 1.29 is 31.4 Å². The van der Waals surface area contributed by atoms with E-state index in [-0.39, 0.29) is 29.0 Å². The summed E-state index contributed by atoms with van der Waals surface area (Å²) >= 11 is 0. The molecule has 4 fully saturated rings. The molecule has 0 aliphatic heterocycles. The second-order valence-corrected chi connectivity index (χ2v) is 14.7. The molecule has 5 heteroatoms. The van der Waals surface area contributed by atoms with Gasteiger partial charge in [-0.25, -0.2) is 0 Å². The molecule has 4 nitrogen and oxygen atoms in total. The summed E-state index contributed by atoms with van der Waals surface area (Å²) in [5.41, 5.74) is 0.925. The van der Waals surface area contributed by atoms with Crippen LogP contribution in [0.3, 0.4) is 0 Å². The highest BCUT2D eigenvalue weighted by molar-refractivity contribution is 5.75. The van der Waals surface area contributed by atoms with Gasteiger partial charge < -0.3 is 31.9 Å². The summed E-state index contributed by atoms with van der Waals surface area (Å²) in [4.78, 5) is 12.6. The minimum atomic E-state index is -0.0503. The van der Waals surface area contributed by atoms with Crippen molar-refractivity contribution in [2.24, 2.45) is 46.3 Å². The van der Waals surface area contributed by atoms with Gasteiger partial charge in [0.15, 0.2) is 0 Å². The molecule has 4 saturated carbocycles. The van der Waals surface area contributed by atoms with Crippen molar-refractivity contribution in [2.45, 2.75) is 104 Å². The lowest BCUT2D eigenvalue weighted by Crippen LogP contribution is -3.00. The average Bonchev–Trinajstić information content (AvgIpc) is 3.18. The minimum absolute atomic E-state index is 0. The molecule has 2 N–H and O–H groups in total. The molecule has 4 rings (SSSR count). The van der Waals surface area contributed by atoms with Crippen molar-refractivity contribution in [1.82, 2.24) is 5.32 Å². The summed E-state index contributed by atoms with van der Waals surface area (Å²) in [6.45, 7) is 14.3. The van der Waals surface area contributed by atoms with E-state index in [4.69, 9.17) is 0 Å². The van der Waals surface area contributed by atoms with E-state index < -0.39 is 0 Å². The van der Waals surface area contributed by atoms with Crippen LogP contribution in [-0.4, -0.2) is 55.3 Å². The molecule has 5 unspecified atom stereocenters. The van der Waals surface area contributed by atoms with Gasteiger partial charge in [-0.2, -0.15) is 0 Å². The highest BCUT2D eigenvalue weighted by atomic mass is 79.9. The highest BCUT2D eigenvalue weighted by Crippen LogP contribution is 2.68. The van der Waals surface area contributed by atoms with Crippen LogP contribution in [0.15, 0.2) is 12.7 Å². The quantitative estimate of drug-likeness (QED) is 0.237. The molecule has 1 amide bonds. The fraction of sp³-hybridized carbons (Fsp3) is 0.906. The Labute approximate surface area is 238 Å². The Morgan fingerprint density at radius 1 is 1.08 bits per heavy atom. The van der Waals surface area contributed by atoms with Gasteiger partial charge in [0.1, 0.15) is 0 Å². The summed E-state index contributed by atoms with van der Waals surface area (Å²) in [7, 11) is 4.44. The van der Waals surface area contributed by atoms with Crippen molar-refractivity contribution in [2.75, 3.05) is 33.7 Å². The van der Waals surface area contributed by atoms with E-state index in [2.05, 4.69) is 46.8 Å². The first-order valence-corrected chi connectivity index (χ1v) is 15.4. The molecule has 37 heavy (non-hydrogen) atoms. The van der Waals surface area contributed by atoms with Crippen LogP contribution in [-0.2, 0) is 4.79 Å². The van der Waals surface area contributed by atoms with E-state index in [1.54, 1.807) is 0 Å². The highest BCUT2D eigenvalue weighted by Gasteiger charge is 2.60. The maximum atomic E-state index is 12.6. The first-order chi connectivity index (χ1) is 17.0. The van der Waals surface area contributed by atoms with Gasteiger partial charge in [-0.1, -0.05) is 27.4 Å². The van der Waals surface area contributed by atoms with Crippen LogP contribution < -0.4 is 22.3 Å². The fourth-order valence-corrected chi connectivity index (χ4v) is 10.0. The van der Waals surface area contributed by atoms with E-state index >= 15 is 0 Å². The summed E-state index contributed by atoms with van der Waals surface area (Å²) in [5, 5.41) is 13.5. The number of hydrogen-bond donors (Lipinski definition) is 2. The van der Waals surface area contributed by atoms with Crippen molar-refractivity contribution in [3.05, 3.63) is 12.7 Å². The molecule has 4 aliphatic carbocycles. The van der Waals surface area contributed by atoms with Gasteiger partial charge in [0.05, 0.1) is 33.3 Å². The molecule has 0 aromatic heterocycles. The zero-order valence-electron chi connectivity index (χ0n) is 24.6. The molecule has 0 aromatic rings. The lowest BCUT2D eigenvalue weighted by atomic mass is 9.44. The number of aliphatic hydroxyl groups is 1. The second kappa shape index (κ2) is 12.4. The number of quaternary nitrogens is 1. The molecule has 0 bridgehead atoms. The van der Waals surface area contributed by atoms with E-state index in [0.717, 1.165) is 79.4 Å². The molecular formula is C32H57BrN2O2. The lowest BCUT2D eigenvalue weighted by molar-refractivity contribution is -0.884. The molecular weight excluding hydrogens is 524 g/mol. The van der Waals surface area contributed by atoms with Crippen molar-refractivity contribution >= 4 is 5.91 Å². The van der Waals surface area contributed by atoms with Crippen LogP contribution in [0.5, 0.6) is 0 Å². The van der Waals surface area contributed by atoms with Gasteiger partial charge in [-0.15, -0.1) is 0 Å². The van der Waals surface area contributed by atoms with Crippen LogP contribution in [0.25, 0.3) is 0 Å². The summed E-state index contributed by atoms with van der Waals surface area (Å²) in [6.07, 6.45) is 16.2. The van der Waals surface area contributed by atoms with Crippen LogP contribution in [0.1, 0.15) is 97.8 Å². The third-order valence-corrected chi connectivity index (χ3v) is 12.1. The number of nitrogens with one attached hydrogen (secondary N) is 1. The Kier molecular flexibility index (Phi) is 10.5. The maximum absolute atomic E-state index is 12.6. The molecule has 0 radical (unpaired) electrons. The number of amides is 1. The molecule has 0 aromatic carbocycles. The number of carbonyl (C=O) groups excluding carboxylic acids is 1. The fourth-order valence-electron chi connectivity index (χ4n) is 10.0. The first-order valence-electron chi connectivity index (χ1n) is 15.4. The predicted molar refractivity (Wildman–Crippen MR) is 149 cm³/mol. The number of halogens is 1. The third kappa shape index (κ3) is 6.51. The standard InChI is InChI=1S/C32H56N2O2.BrH/c1-7-20-34(5,6)21-8-19-33-30(36)14-9-23(2)27-12-13-28-26-11-10-24-22-25(35)15-17-31(24,3)29(26)16-18-32(27,28)4;/h7,23-29,35H,1,8-22H2,2-6H3;1H/t23?,24?,25-,26?,27-,28?,29?,31+,32-;/m1./s1. The zero-order chi connectivity index (χ0) is 26.1. The summed E-state index contributed by atoms with van der Waals surface area (Å²) < 4.78 is 0.932. The van der Waals surface area contributed by atoms with Crippen molar-refractivity contribution in [1.29, 1.82) is 0 Å². The van der Waals surface area contributed by atoms with Gasteiger partial charge in [0.25, 0.3) is 0 Å². The molecule has 9 atom stereocenters. The van der Waals surface area contributed by atoms with Crippen LogP contribution >= 0.6 is 0 Å². The Morgan fingerprint density at radius 3 is 2.51 bits per heavy atom. The maximum Gasteiger partial charge on any atom is 0.220 e. The van der Waals surface area contributed by atoms with E-state index in [1.807, 2.05) is 6.08 Å². The Balaban J connectivity index is 0.00000380. The Hall–Kier alpha value is -0.390. The Bertz CT molecular complexity index is 787. The Morgan fingerprint density at radius 2 is 1.78 bits per heavy atom. The summed E-state index contributed by atoms with van der Waals surface area (Å²) in [6, 6.07) is 0. The van der Waals surface area contributed by atoms with Gasteiger partial charge in [0.2, 0.25) is 5.91 Å². The zero-order valence-corrected chi connectivity index (χ0v) is 26.2. The van der Waals surface area contributed by atoms with E-state index in [0.29, 0.717) is 23.2 Å². The SMILES string of the molecule is C=CC[N+](C)(C)CCCNC(=O)CCC(C)[C@H]1CCC2C3CCC4C[C@H](O)CC[C@]4(C)C3CC[C@@]21C.[Br-]. The number of fused-ring (bicyclic) bond motifs is 5. The van der Waals surface area contributed by atoms with Gasteiger partial charge >= 0.3 is 0 Å². The van der Waals surface area contributed by atoms with Gasteiger partial charge in [0, 0.05) is 19.4 Å². The van der Waals surface area contributed by atoms with Crippen molar-refractivity contribution in [3.63, 3.8) is 0 Å². The number of carbonyl (C=O) groups is 1. The average molecular weight is 582 g/mol. The number of hydrogen-bond acceptors (Lipinski definition) is 2. The van der Waals surface area contributed by atoms with Gasteiger partial charge in [-0.05, 0) is 117 Å².